The highest BCUT2D eigenvalue weighted by Crippen LogP contribution is 2.31. The number of hydrogen-bond donors (Lipinski definition) is 2. The lowest BCUT2D eigenvalue weighted by Crippen LogP contribution is -2.30. The number of alkyl halides is 3. The third kappa shape index (κ3) is 5.30. The minimum absolute atomic E-state index is 0.0549. The average molecular weight is 310 g/mol. The molecule has 8 heteroatoms. The zero-order valence-corrected chi connectivity index (χ0v) is 11.5. The van der Waals surface area contributed by atoms with Crippen molar-refractivity contribution in [2.75, 3.05) is 25.6 Å². The highest BCUT2D eigenvalue weighted by atomic mass is 32.1. The lowest BCUT2D eigenvalue weighted by atomic mass is 10.2. The fourth-order valence-corrected chi connectivity index (χ4v) is 1.59. The SMILES string of the molecule is COCCCNC(=S)Nc1cc(C(F)(F)F)ccc1F. The van der Waals surface area contributed by atoms with E-state index in [0.717, 1.165) is 6.07 Å². The van der Waals surface area contributed by atoms with Crippen molar-refractivity contribution < 1.29 is 22.3 Å². The van der Waals surface area contributed by atoms with Crippen molar-refractivity contribution in [1.82, 2.24) is 5.32 Å². The zero-order valence-electron chi connectivity index (χ0n) is 10.7. The van der Waals surface area contributed by atoms with Crippen LogP contribution >= 0.6 is 12.2 Å². The van der Waals surface area contributed by atoms with E-state index in [1.165, 1.54) is 0 Å². The second kappa shape index (κ2) is 7.39. The number of nitrogens with one attached hydrogen (secondary N) is 2. The number of rotatable bonds is 5. The van der Waals surface area contributed by atoms with Crippen molar-refractivity contribution >= 4 is 23.0 Å². The zero-order chi connectivity index (χ0) is 15.2. The molecule has 0 aliphatic carbocycles. The predicted molar refractivity (Wildman–Crippen MR) is 72.1 cm³/mol. The Bertz CT molecular complexity index is 465. The second-order valence-corrected chi connectivity index (χ2v) is 4.33. The van der Waals surface area contributed by atoms with Crippen molar-refractivity contribution in [3.8, 4) is 0 Å². The van der Waals surface area contributed by atoms with Gasteiger partial charge in [0.25, 0.3) is 0 Å². The van der Waals surface area contributed by atoms with Crippen LogP contribution < -0.4 is 10.6 Å². The lowest BCUT2D eigenvalue weighted by Gasteiger charge is -2.13. The van der Waals surface area contributed by atoms with E-state index < -0.39 is 17.6 Å². The molecule has 0 aromatic heterocycles. The van der Waals surface area contributed by atoms with E-state index in [1.54, 1.807) is 7.11 Å². The molecule has 0 atom stereocenters. The summed E-state index contributed by atoms with van der Waals surface area (Å²) in [7, 11) is 1.55. The quantitative estimate of drug-likeness (QED) is 0.497. The third-order valence-corrected chi connectivity index (χ3v) is 2.60. The Morgan fingerprint density at radius 2 is 2.05 bits per heavy atom. The predicted octanol–water partition coefficient (Wildman–Crippen LogP) is 3.17. The number of ether oxygens (including phenoxy) is 1. The summed E-state index contributed by atoms with van der Waals surface area (Å²) < 4.78 is 55.8. The monoisotopic (exact) mass is 310 g/mol. The summed E-state index contributed by atoms with van der Waals surface area (Å²) in [6, 6.07) is 2.10. The van der Waals surface area contributed by atoms with Crippen LogP contribution in [-0.2, 0) is 10.9 Å². The molecule has 3 nitrogen and oxygen atoms in total. The molecule has 0 saturated heterocycles. The van der Waals surface area contributed by atoms with Gasteiger partial charge in [0.1, 0.15) is 5.82 Å². The molecule has 0 amide bonds. The van der Waals surface area contributed by atoms with Gasteiger partial charge in [0.15, 0.2) is 5.11 Å². The Balaban J connectivity index is 2.65. The molecule has 1 aromatic rings. The summed E-state index contributed by atoms with van der Waals surface area (Å²) in [5, 5.41) is 5.20. The largest absolute Gasteiger partial charge is 0.416 e. The van der Waals surface area contributed by atoms with Gasteiger partial charge >= 0.3 is 6.18 Å². The van der Waals surface area contributed by atoms with Crippen LogP contribution in [0.3, 0.4) is 0 Å². The van der Waals surface area contributed by atoms with Crippen LogP contribution in [0.4, 0.5) is 23.2 Å². The topological polar surface area (TPSA) is 33.3 Å². The van der Waals surface area contributed by atoms with Gasteiger partial charge in [-0.05, 0) is 36.8 Å². The van der Waals surface area contributed by atoms with E-state index in [2.05, 4.69) is 10.6 Å². The molecule has 0 saturated carbocycles. The first-order valence-corrected chi connectivity index (χ1v) is 6.16. The molecule has 0 unspecified atom stereocenters. The maximum absolute atomic E-state index is 13.4. The standard InChI is InChI=1S/C12H14F4N2OS/c1-19-6-2-5-17-11(20)18-10-7-8(12(14,15)16)3-4-9(10)13/h3-4,7H,2,5-6H2,1H3,(H2,17,18,20). The van der Waals surface area contributed by atoms with Crippen LogP contribution in [0.2, 0.25) is 0 Å². The molecule has 1 rings (SSSR count). The van der Waals surface area contributed by atoms with Gasteiger partial charge < -0.3 is 15.4 Å². The molecule has 0 bridgehead atoms. The van der Waals surface area contributed by atoms with E-state index in [9.17, 15) is 17.6 Å². The minimum atomic E-state index is -4.53. The number of hydrogen-bond acceptors (Lipinski definition) is 2. The van der Waals surface area contributed by atoms with E-state index in [-0.39, 0.29) is 10.8 Å². The first-order valence-electron chi connectivity index (χ1n) is 5.75. The molecule has 0 heterocycles. The van der Waals surface area contributed by atoms with Crippen molar-refractivity contribution in [1.29, 1.82) is 0 Å². The minimum Gasteiger partial charge on any atom is -0.385 e. The Morgan fingerprint density at radius 3 is 2.65 bits per heavy atom. The van der Waals surface area contributed by atoms with Gasteiger partial charge in [-0.3, -0.25) is 0 Å². The maximum Gasteiger partial charge on any atom is 0.416 e. The fourth-order valence-electron chi connectivity index (χ4n) is 1.38. The Hall–Kier alpha value is -1.41. The smallest absolute Gasteiger partial charge is 0.385 e. The van der Waals surface area contributed by atoms with Crippen LogP contribution in [0.1, 0.15) is 12.0 Å². The molecule has 1 aromatic carbocycles. The van der Waals surface area contributed by atoms with Crippen molar-refractivity contribution in [3.63, 3.8) is 0 Å². The van der Waals surface area contributed by atoms with Gasteiger partial charge in [-0.25, -0.2) is 4.39 Å². The van der Waals surface area contributed by atoms with E-state index >= 15 is 0 Å². The second-order valence-electron chi connectivity index (χ2n) is 3.92. The normalized spacial score (nSPS) is 11.2. The summed E-state index contributed by atoms with van der Waals surface area (Å²) in [5.74, 6) is -0.806. The van der Waals surface area contributed by atoms with E-state index in [0.29, 0.717) is 31.7 Å². The summed E-state index contributed by atoms with van der Waals surface area (Å²) in [6.07, 6.45) is -3.86. The highest BCUT2D eigenvalue weighted by molar-refractivity contribution is 7.80. The van der Waals surface area contributed by atoms with Crippen LogP contribution in [0.15, 0.2) is 18.2 Å². The number of anilines is 1. The summed E-state index contributed by atoms with van der Waals surface area (Å²) in [5.41, 5.74) is -1.26. The first kappa shape index (κ1) is 16.6. The maximum atomic E-state index is 13.4. The van der Waals surface area contributed by atoms with Gasteiger partial charge in [0, 0.05) is 20.3 Å². The number of thiocarbonyl (C=S) groups is 1. The van der Waals surface area contributed by atoms with Crippen LogP contribution in [0, 0.1) is 5.82 Å². The molecular weight excluding hydrogens is 296 g/mol. The molecule has 2 N–H and O–H groups in total. The van der Waals surface area contributed by atoms with Crippen molar-refractivity contribution in [2.24, 2.45) is 0 Å². The molecule has 0 aliphatic heterocycles. The van der Waals surface area contributed by atoms with E-state index in [4.69, 9.17) is 17.0 Å². The summed E-state index contributed by atoms with van der Waals surface area (Å²) >= 11 is 4.87. The summed E-state index contributed by atoms with van der Waals surface area (Å²) in [4.78, 5) is 0. The van der Waals surface area contributed by atoms with Gasteiger partial charge in [0.2, 0.25) is 0 Å². The van der Waals surface area contributed by atoms with Gasteiger partial charge in [0.05, 0.1) is 11.3 Å². The van der Waals surface area contributed by atoms with Crippen LogP contribution in [-0.4, -0.2) is 25.4 Å². The lowest BCUT2D eigenvalue weighted by molar-refractivity contribution is -0.137. The van der Waals surface area contributed by atoms with Crippen molar-refractivity contribution in [2.45, 2.75) is 12.6 Å². The van der Waals surface area contributed by atoms with Crippen LogP contribution in [0.5, 0.6) is 0 Å². The Kier molecular flexibility index (Phi) is 6.15. The molecule has 0 aliphatic rings. The summed E-state index contributed by atoms with van der Waals surface area (Å²) in [6.45, 7) is 0.994. The number of benzene rings is 1. The van der Waals surface area contributed by atoms with Crippen molar-refractivity contribution in [3.05, 3.63) is 29.6 Å². The van der Waals surface area contributed by atoms with Gasteiger partial charge in [-0.1, -0.05) is 0 Å². The highest BCUT2D eigenvalue weighted by Gasteiger charge is 2.31. The molecule has 20 heavy (non-hydrogen) atoms. The van der Waals surface area contributed by atoms with E-state index in [1.807, 2.05) is 0 Å². The molecule has 0 spiro atoms. The van der Waals surface area contributed by atoms with Gasteiger partial charge in [-0.15, -0.1) is 0 Å². The first-order chi connectivity index (χ1) is 9.34. The third-order valence-electron chi connectivity index (χ3n) is 2.35. The van der Waals surface area contributed by atoms with Gasteiger partial charge in [-0.2, -0.15) is 13.2 Å². The molecule has 0 fully saturated rings. The number of halogens is 4. The van der Waals surface area contributed by atoms with Crippen LogP contribution in [0.25, 0.3) is 0 Å². The molecular formula is C12H14F4N2OS. The molecule has 0 radical (unpaired) electrons. The average Bonchev–Trinajstić information content (AvgIpc) is 2.36. The Labute approximate surface area is 119 Å². The Morgan fingerprint density at radius 1 is 1.35 bits per heavy atom. The molecule has 112 valence electrons. The number of methoxy groups -OCH3 is 1. The fraction of sp³-hybridized carbons (Fsp3) is 0.417.